The van der Waals surface area contributed by atoms with Crippen molar-refractivity contribution in [3.05, 3.63) is 21.9 Å². The minimum atomic E-state index is -4.22. The minimum absolute atomic E-state index is 0.556. The molecule has 0 aliphatic heterocycles. The maximum absolute atomic E-state index is 12.4. The van der Waals surface area contributed by atoms with Gasteiger partial charge in [0.1, 0.15) is 10.0 Å². The van der Waals surface area contributed by atoms with Gasteiger partial charge in [-0.15, -0.1) is 0 Å². The molecule has 1 heterocycles. The van der Waals surface area contributed by atoms with Gasteiger partial charge in [-0.2, -0.15) is 0 Å². The summed E-state index contributed by atoms with van der Waals surface area (Å²) in [4.78, 5) is 2.58. The molecule has 0 aliphatic carbocycles. The molecule has 0 saturated heterocycles. The van der Waals surface area contributed by atoms with Crippen LogP contribution in [0.5, 0.6) is 0 Å². The van der Waals surface area contributed by atoms with Gasteiger partial charge in [0.15, 0.2) is 0 Å². The smallest absolute Gasteiger partial charge is 0.243 e. The number of pyridine rings is 1. The first kappa shape index (κ1) is 12.9. The molecule has 0 N–H and O–H groups in total. The van der Waals surface area contributed by atoms with Crippen molar-refractivity contribution in [2.75, 3.05) is 0 Å². The van der Waals surface area contributed by atoms with Crippen LogP contribution in [0.4, 0.5) is 8.78 Å². The highest BCUT2D eigenvalue weighted by Crippen LogP contribution is 2.36. The molecule has 84 valence electrons. The van der Waals surface area contributed by atoms with Crippen LogP contribution in [-0.2, 0) is 9.05 Å². The molecule has 1 aromatic rings. The number of alkyl halides is 2. The van der Waals surface area contributed by atoms with Crippen molar-refractivity contribution in [3.63, 3.8) is 0 Å². The van der Waals surface area contributed by atoms with Gasteiger partial charge in [-0.25, -0.2) is 22.2 Å². The van der Waals surface area contributed by atoms with E-state index in [9.17, 15) is 17.2 Å². The summed E-state index contributed by atoms with van der Waals surface area (Å²) in [7, 11) is 0.732. The van der Waals surface area contributed by atoms with E-state index in [0.717, 1.165) is 6.20 Å². The van der Waals surface area contributed by atoms with E-state index < -0.39 is 36.1 Å². The van der Waals surface area contributed by atoms with Crippen molar-refractivity contribution in [2.45, 2.75) is 11.3 Å². The average Bonchev–Trinajstić information content (AvgIpc) is 2.00. The Bertz CT molecular complexity index is 491. The molecule has 0 aromatic carbocycles. The highest BCUT2D eigenvalue weighted by molar-refractivity contribution is 8.13. The molecule has 0 radical (unpaired) electrons. The fraction of sp³-hybridized carbons (Fsp3) is 0.167. The normalized spacial score (nSPS) is 12.1. The third kappa shape index (κ3) is 2.69. The third-order valence-electron chi connectivity index (χ3n) is 1.45. The predicted molar refractivity (Wildman–Crippen MR) is 52.3 cm³/mol. The summed E-state index contributed by atoms with van der Waals surface area (Å²) in [6.07, 6.45) is -2.31. The quantitative estimate of drug-likeness (QED) is 0.621. The summed E-state index contributed by atoms with van der Waals surface area (Å²) in [6, 6.07) is 0. The molecular formula is C6H2Cl3F2NO2S. The standard InChI is InChI=1S/C6H2Cl3F2NO2S/c7-4-2(15(9,13)14)1-12-5(8)3(4)6(10)11/h1,6H. The number of aromatic nitrogens is 1. The van der Waals surface area contributed by atoms with E-state index in [4.69, 9.17) is 33.9 Å². The van der Waals surface area contributed by atoms with Crippen molar-refractivity contribution in [2.24, 2.45) is 0 Å². The van der Waals surface area contributed by atoms with Gasteiger partial charge >= 0.3 is 0 Å². The summed E-state index contributed by atoms with van der Waals surface area (Å²) in [5.41, 5.74) is -0.847. The number of halogens is 5. The van der Waals surface area contributed by atoms with Crippen LogP contribution in [0, 0.1) is 0 Å². The Morgan fingerprint density at radius 1 is 1.33 bits per heavy atom. The summed E-state index contributed by atoms with van der Waals surface area (Å²) in [5, 5.41) is -1.26. The van der Waals surface area contributed by atoms with Crippen LogP contribution in [-0.4, -0.2) is 13.4 Å². The second kappa shape index (κ2) is 4.37. The average molecular weight is 297 g/mol. The molecule has 1 rings (SSSR count). The molecule has 9 heteroatoms. The van der Waals surface area contributed by atoms with Gasteiger partial charge in [0, 0.05) is 10.7 Å². The number of nitrogens with zero attached hydrogens (tertiary/aromatic N) is 1. The van der Waals surface area contributed by atoms with E-state index in [0.29, 0.717) is 0 Å². The van der Waals surface area contributed by atoms with Crippen molar-refractivity contribution in [1.29, 1.82) is 0 Å². The van der Waals surface area contributed by atoms with Gasteiger partial charge in [0.25, 0.3) is 15.5 Å². The molecule has 1 aromatic heterocycles. The van der Waals surface area contributed by atoms with E-state index in [2.05, 4.69) is 4.98 Å². The van der Waals surface area contributed by atoms with Crippen LogP contribution >= 0.6 is 33.9 Å². The summed E-state index contributed by atoms with van der Waals surface area (Å²) < 4.78 is 46.6. The van der Waals surface area contributed by atoms with Crippen LogP contribution in [0.1, 0.15) is 12.0 Å². The first-order valence-electron chi connectivity index (χ1n) is 3.32. The fourth-order valence-corrected chi connectivity index (χ4v) is 2.59. The van der Waals surface area contributed by atoms with E-state index in [-0.39, 0.29) is 0 Å². The maximum Gasteiger partial charge on any atom is 0.268 e. The van der Waals surface area contributed by atoms with Crippen LogP contribution in [0.2, 0.25) is 10.2 Å². The topological polar surface area (TPSA) is 47.0 Å². The SMILES string of the molecule is O=S(=O)(Cl)c1cnc(Cl)c(C(F)F)c1Cl. The largest absolute Gasteiger partial charge is 0.268 e. The Balaban J connectivity index is 3.56. The monoisotopic (exact) mass is 295 g/mol. The third-order valence-corrected chi connectivity index (χ3v) is 3.61. The van der Waals surface area contributed by atoms with Crippen LogP contribution < -0.4 is 0 Å². The molecule has 0 unspecified atom stereocenters. The van der Waals surface area contributed by atoms with Crippen molar-refractivity contribution in [1.82, 2.24) is 4.98 Å². The fourth-order valence-electron chi connectivity index (χ4n) is 0.821. The molecule has 3 nitrogen and oxygen atoms in total. The van der Waals surface area contributed by atoms with Crippen molar-refractivity contribution < 1.29 is 17.2 Å². The van der Waals surface area contributed by atoms with Gasteiger partial charge in [0.05, 0.1) is 16.8 Å². The summed E-state index contributed by atoms with van der Waals surface area (Å²) >= 11 is 10.8. The number of hydrogen-bond donors (Lipinski definition) is 0. The molecule has 0 saturated carbocycles. The van der Waals surface area contributed by atoms with Gasteiger partial charge in [-0.05, 0) is 0 Å². The zero-order valence-electron chi connectivity index (χ0n) is 6.72. The molecule has 0 aliphatic rings. The van der Waals surface area contributed by atoms with Gasteiger partial charge in [0.2, 0.25) is 0 Å². The Labute approximate surface area is 98.4 Å². The number of rotatable bonds is 2. The molecule has 0 fully saturated rings. The summed E-state index contributed by atoms with van der Waals surface area (Å²) in [6.45, 7) is 0. The van der Waals surface area contributed by atoms with Crippen LogP contribution in [0.3, 0.4) is 0 Å². The van der Waals surface area contributed by atoms with Gasteiger partial charge in [-0.3, -0.25) is 0 Å². The zero-order valence-corrected chi connectivity index (χ0v) is 9.80. The van der Waals surface area contributed by atoms with Crippen molar-refractivity contribution >= 4 is 42.9 Å². The van der Waals surface area contributed by atoms with E-state index >= 15 is 0 Å². The Morgan fingerprint density at radius 3 is 2.27 bits per heavy atom. The maximum atomic E-state index is 12.4. The lowest BCUT2D eigenvalue weighted by atomic mass is 10.3. The van der Waals surface area contributed by atoms with Crippen molar-refractivity contribution in [3.8, 4) is 0 Å². The van der Waals surface area contributed by atoms with Crippen LogP contribution in [0.25, 0.3) is 0 Å². The molecular weight excluding hydrogens is 294 g/mol. The number of hydrogen-bond acceptors (Lipinski definition) is 3. The molecule has 0 spiro atoms. The van der Waals surface area contributed by atoms with Crippen LogP contribution in [0.15, 0.2) is 11.1 Å². The molecule has 15 heavy (non-hydrogen) atoms. The van der Waals surface area contributed by atoms with E-state index in [1.54, 1.807) is 0 Å². The second-order valence-electron chi connectivity index (χ2n) is 2.38. The molecule has 0 amide bonds. The lowest BCUT2D eigenvalue weighted by Gasteiger charge is -2.07. The molecule has 0 bridgehead atoms. The highest BCUT2D eigenvalue weighted by Gasteiger charge is 2.25. The lowest BCUT2D eigenvalue weighted by molar-refractivity contribution is 0.151. The minimum Gasteiger partial charge on any atom is -0.243 e. The zero-order chi connectivity index (χ0) is 11.8. The Morgan fingerprint density at radius 2 is 1.87 bits per heavy atom. The Hall–Kier alpha value is -0.170. The molecule has 0 atom stereocenters. The second-order valence-corrected chi connectivity index (χ2v) is 5.65. The summed E-state index contributed by atoms with van der Waals surface area (Å²) in [5.74, 6) is 0. The van der Waals surface area contributed by atoms with Gasteiger partial charge in [-0.1, -0.05) is 23.2 Å². The Kier molecular flexibility index (Phi) is 3.76. The first-order chi connectivity index (χ1) is 6.75. The first-order valence-corrected chi connectivity index (χ1v) is 6.38. The highest BCUT2D eigenvalue weighted by atomic mass is 35.7. The van der Waals surface area contributed by atoms with Gasteiger partial charge < -0.3 is 0 Å². The predicted octanol–water partition coefficient (Wildman–Crippen LogP) is 3.25. The van der Waals surface area contributed by atoms with E-state index in [1.807, 2.05) is 0 Å². The van der Waals surface area contributed by atoms with E-state index in [1.165, 1.54) is 0 Å². The lowest BCUT2D eigenvalue weighted by Crippen LogP contribution is -1.99.